The van der Waals surface area contributed by atoms with Gasteiger partial charge in [0.15, 0.2) is 0 Å². The Morgan fingerprint density at radius 2 is 1.89 bits per heavy atom. The Bertz CT molecular complexity index is 586. The highest BCUT2D eigenvalue weighted by Gasteiger charge is 2.12. The first kappa shape index (κ1) is 14.1. The lowest BCUT2D eigenvalue weighted by atomic mass is 10.1. The third kappa shape index (κ3) is 3.58. The van der Waals surface area contributed by atoms with E-state index in [-0.39, 0.29) is 11.9 Å². The van der Waals surface area contributed by atoms with Crippen molar-refractivity contribution >= 4 is 33.4 Å². The van der Waals surface area contributed by atoms with E-state index in [0.29, 0.717) is 10.6 Å². The second kappa shape index (κ2) is 6.22. The van der Waals surface area contributed by atoms with Gasteiger partial charge in [-0.25, -0.2) is 0 Å². The number of carbonyl (C=O) groups excluding carboxylic acids is 1. The molecule has 2 nitrogen and oxygen atoms in total. The summed E-state index contributed by atoms with van der Waals surface area (Å²) < 4.78 is 0.779. The Morgan fingerprint density at radius 3 is 2.53 bits per heavy atom. The summed E-state index contributed by atoms with van der Waals surface area (Å²) >= 11 is 9.29. The molecule has 0 saturated heterocycles. The lowest BCUT2D eigenvalue weighted by Crippen LogP contribution is -2.26. The monoisotopic (exact) mass is 337 g/mol. The van der Waals surface area contributed by atoms with Crippen LogP contribution in [0, 0.1) is 0 Å². The molecular weight excluding hydrogens is 326 g/mol. The molecule has 0 aromatic heterocycles. The van der Waals surface area contributed by atoms with Gasteiger partial charge in [0, 0.05) is 10.0 Å². The van der Waals surface area contributed by atoms with Gasteiger partial charge in [0.05, 0.1) is 11.1 Å². The van der Waals surface area contributed by atoms with Crippen molar-refractivity contribution in [3.05, 3.63) is 69.2 Å². The Hall–Kier alpha value is -1.32. The number of halogens is 2. The first-order valence-electron chi connectivity index (χ1n) is 5.89. The van der Waals surface area contributed by atoms with Gasteiger partial charge in [0.2, 0.25) is 0 Å². The minimum atomic E-state index is -0.134. The molecule has 1 atom stereocenters. The molecular formula is C15H13BrClNO. The van der Waals surface area contributed by atoms with Gasteiger partial charge in [0.25, 0.3) is 5.91 Å². The molecule has 0 aliphatic heterocycles. The lowest BCUT2D eigenvalue weighted by molar-refractivity contribution is 0.0940. The second-order valence-electron chi connectivity index (χ2n) is 4.23. The number of hydrogen-bond donors (Lipinski definition) is 1. The Balaban J connectivity index is 2.11. The van der Waals surface area contributed by atoms with Crippen molar-refractivity contribution in [1.29, 1.82) is 0 Å². The fraction of sp³-hybridized carbons (Fsp3) is 0.133. The molecule has 98 valence electrons. The quantitative estimate of drug-likeness (QED) is 0.871. The van der Waals surface area contributed by atoms with Crippen molar-refractivity contribution in [2.75, 3.05) is 0 Å². The van der Waals surface area contributed by atoms with Crippen molar-refractivity contribution in [2.45, 2.75) is 13.0 Å². The van der Waals surface area contributed by atoms with Crippen LogP contribution >= 0.6 is 27.5 Å². The number of carbonyl (C=O) groups is 1. The molecule has 0 bridgehead atoms. The van der Waals surface area contributed by atoms with Gasteiger partial charge in [-0.05, 0) is 46.6 Å². The molecule has 1 amide bonds. The van der Waals surface area contributed by atoms with E-state index in [1.54, 1.807) is 18.2 Å². The van der Waals surface area contributed by atoms with Gasteiger partial charge < -0.3 is 5.32 Å². The molecule has 1 N–H and O–H groups in total. The number of rotatable bonds is 3. The predicted octanol–water partition coefficient (Wildman–Crippen LogP) is 4.59. The smallest absolute Gasteiger partial charge is 0.251 e. The zero-order chi connectivity index (χ0) is 13.8. The van der Waals surface area contributed by atoms with Crippen LogP contribution in [-0.4, -0.2) is 5.91 Å². The largest absolute Gasteiger partial charge is 0.346 e. The van der Waals surface area contributed by atoms with Crippen LogP contribution in [0.1, 0.15) is 28.9 Å². The molecule has 0 heterocycles. The van der Waals surface area contributed by atoms with Crippen molar-refractivity contribution in [3.63, 3.8) is 0 Å². The van der Waals surface area contributed by atoms with Crippen LogP contribution in [0.3, 0.4) is 0 Å². The maximum atomic E-state index is 12.1. The molecule has 0 spiro atoms. The van der Waals surface area contributed by atoms with Crippen molar-refractivity contribution in [1.82, 2.24) is 5.32 Å². The van der Waals surface area contributed by atoms with E-state index in [0.717, 1.165) is 10.0 Å². The maximum Gasteiger partial charge on any atom is 0.251 e. The van der Waals surface area contributed by atoms with Crippen LogP contribution in [0.5, 0.6) is 0 Å². The molecule has 19 heavy (non-hydrogen) atoms. The van der Waals surface area contributed by atoms with Crippen LogP contribution in [0.4, 0.5) is 0 Å². The molecule has 0 unspecified atom stereocenters. The molecule has 2 aromatic rings. The fourth-order valence-corrected chi connectivity index (χ4v) is 2.17. The Morgan fingerprint density at radius 1 is 1.21 bits per heavy atom. The summed E-state index contributed by atoms with van der Waals surface area (Å²) in [5.41, 5.74) is 1.62. The maximum absolute atomic E-state index is 12.1. The van der Waals surface area contributed by atoms with Gasteiger partial charge in [-0.15, -0.1) is 0 Å². The third-order valence-corrected chi connectivity index (χ3v) is 4.06. The van der Waals surface area contributed by atoms with Crippen LogP contribution in [0.2, 0.25) is 5.02 Å². The molecule has 0 saturated carbocycles. The number of hydrogen-bond acceptors (Lipinski definition) is 1. The number of amides is 1. The van der Waals surface area contributed by atoms with E-state index < -0.39 is 0 Å². The van der Waals surface area contributed by atoms with Crippen LogP contribution < -0.4 is 5.32 Å². The van der Waals surface area contributed by atoms with Gasteiger partial charge in [-0.3, -0.25) is 4.79 Å². The van der Waals surface area contributed by atoms with Crippen molar-refractivity contribution < 1.29 is 4.79 Å². The summed E-state index contributed by atoms with van der Waals surface area (Å²) in [5.74, 6) is -0.134. The summed E-state index contributed by atoms with van der Waals surface area (Å²) in [6, 6.07) is 14.9. The molecule has 0 fully saturated rings. The van der Waals surface area contributed by atoms with E-state index in [1.807, 2.05) is 37.3 Å². The lowest BCUT2D eigenvalue weighted by Gasteiger charge is -2.14. The highest BCUT2D eigenvalue weighted by Crippen LogP contribution is 2.23. The average Bonchev–Trinajstić information content (AvgIpc) is 2.42. The molecule has 2 rings (SSSR count). The number of benzene rings is 2. The standard InChI is InChI=1S/C15H13BrClNO/c1-10(11-5-3-2-4-6-11)18-15(19)12-7-8-13(16)14(17)9-12/h2-10H,1H3,(H,18,19)/t10-/m1/s1. The zero-order valence-corrected chi connectivity index (χ0v) is 12.7. The third-order valence-electron chi connectivity index (χ3n) is 2.83. The topological polar surface area (TPSA) is 29.1 Å². The second-order valence-corrected chi connectivity index (χ2v) is 5.50. The first-order valence-corrected chi connectivity index (χ1v) is 7.06. The van der Waals surface area contributed by atoms with Crippen molar-refractivity contribution in [2.24, 2.45) is 0 Å². The summed E-state index contributed by atoms with van der Waals surface area (Å²) in [4.78, 5) is 12.1. The van der Waals surface area contributed by atoms with Gasteiger partial charge in [-0.1, -0.05) is 41.9 Å². The minimum absolute atomic E-state index is 0.0453. The highest BCUT2D eigenvalue weighted by atomic mass is 79.9. The van der Waals surface area contributed by atoms with Crippen LogP contribution in [0.25, 0.3) is 0 Å². The van der Waals surface area contributed by atoms with E-state index in [4.69, 9.17) is 11.6 Å². The summed E-state index contributed by atoms with van der Waals surface area (Å²) in [6.07, 6.45) is 0. The Labute approximate surface area is 125 Å². The minimum Gasteiger partial charge on any atom is -0.346 e. The van der Waals surface area contributed by atoms with E-state index >= 15 is 0 Å². The molecule has 0 aliphatic carbocycles. The van der Waals surface area contributed by atoms with E-state index in [9.17, 15) is 4.79 Å². The fourth-order valence-electron chi connectivity index (χ4n) is 1.74. The zero-order valence-electron chi connectivity index (χ0n) is 10.4. The normalized spacial score (nSPS) is 11.9. The molecule has 0 radical (unpaired) electrons. The Kier molecular flexibility index (Phi) is 4.61. The SMILES string of the molecule is C[C@@H](NC(=O)c1ccc(Br)c(Cl)c1)c1ccccc1. The molecule has 0 aliphatic rings. The molecule has 4 heteroatoms. The summed E-state index contributed by atoms with van der Waals surface area (Å²) in [5, 5.41) is 3.47. The predicted molar refractivity (Wildman–Crippen MR) is 81.5 cm³/mol. The summed E-state index contributed by atoms with van der Waals surface area (Å²) in [6.45, 7) is 1.95. The van der Waals surface area contributed by atoms with Crippen molar-refractivity contribution in [3.8, 4) is 0 Å². The number of nitrogens with one attached hydrogen (secondary N) is 1. The van der Waals surface area contributed by atoms with Crippen LogP contribution in [-0.2, 0) is 0 Å². The summed E-state index contributed by atoms with van der Waals surface area (Å²) in [7, 11) is 0. The molecule has 2 aromatic carbocycles. The highest BCUT2D eigenvalue weighted by molar-refractivity contribution is 9.10. The average molecular weight is 339 g/mol. The first-order chi connectivity index (χ1) is 9.08. The van der Waals surface area contributed by atoms with E-state index in [1.165, 1.54) is 0 Å². The van der Waals surface area contributed by atoms with E-state index in [2.05, 4.69) is 21.2 Å². The van der Waals surface area contributed by atoms with Gasteiger partial charge >= 0.3 is 0 Å². The van der Waals surface area contributed by atoms with Crippen LogP contribution in [0.15, 0.2) is 53.0 Å². The van der Waals surface area contributed by atoms with Gasteiger partial charge in [-0.2, -0.15) is 0 Å². The van der Waals surface area contributed by atoms with Gasteiger partial charge in [0.1, 0.15) is 0 Å².